The van der Waals surface area contributed by atoms with Crippen LogP contribution in [0.3, 0.4) is 0 Å². The first kappa shape index (κ1) is 15.8. The van der Waals surface area contributed by atoms with Gasteiger partial charge in [-0.3, -0.25) is 4.79 Å². The van der Waals surface area contributed by atoms with Gasteiger partial charge in [-0.1, -0.05) is 80.4 Å². The van der Waals surface area contributed by atoms with Crippen LogP contribution in [0.15, 0.2) is 60.7 Å². The van der Waals surface area contributed by atoms with Crippen molar-refractivity contribution in [3.05, 3.63) is 71.8 Å². The fraction of sp³-hybridized carbons (Fsp3) is 0.381. The quantitative estimate of drug-likeness (QED) is 0.873. The normalized spacial score (nSPS) is 20.6. The van der Waals surface area contributed by atoms with E-state index in [9.17, 15) is 4.79 Å². The van der Waals surface area contributed by atoms with Crippen LogP contribution >= 0.6 is 0 Å². The van der Waals surface area contributed by atoms with Crippen LogP contribution in [0.4, 0.5) is 0 Å². The molecule has 2 heteroatoms. The van der Waals surface area contributed by atoms with Crippen LogP contribution in [0.25, 0.3) is 0 Å². The van der Waals surface area contributed by atoms with E-state index in [0.717, 1.165) is 23.6 Å². The van der Waals surface area contributed by atoms with E-state index in [4.69, 9.17) is 0 Å². The van der Waals surface area contributed by atoms with E-state index < -0.39 is 0 Å². The van der Waals surface area contributed by atoms with Crippen molar-refractivity contribution in [2.24, 2.45) is 11.8 Å². The van der Waals surface area contributed by atoms with Gasteiger partial charge in [-0.25, -0.2) is 0 Å². The molecule has 0 spiro atoms. The summed E-state index contributed by atoms with van der Waals surface area (Å²) in [6.45, 7) is 3.10. The molecule has 1 amide bonds. The van der Waals surface area contributed by atoms with E-state index in [0.29, 0.717) is 5.92 Å². The third-order valence-corrected chi connectivity index (χ3v) is 5.11. The summed E-state index contributed by atoms with van der Waals surface area (Å²) in [5, 5.41) is 3.21. The van der Waals surface area contributed by atoms with E-state index in [1.807, 2.05) is 60.7 Å². The van der Waals surface area contributed by atoms with Gasteiger partial charge in [0.2, 0.25) is 5.91 Å². The number of hydrogen-bond acceptors (Lipinski definition) is 1. The fourth-order valence-electron chi connectivity index (χ4n) is 3.65. The zero-order valence-corrected chi connectivity index (χ0v) is 13.7. The van der Waals surface area contributed by atoms with Crippen molar-refractivity contribution in [3.8, 4) is 0 Å². The van der Waals surface area contributed by atoms with Crippen LogP contribution in [0, 0.1) is 11.8 Å². The third kappa shape index (κ3) is 3.82. The largest absolute Gasteiger partial charge is 0.355 e. The molecule has 3 rings (SSSR count). The van der Waals surface area contributed by atoms with Crippen LogP contribution in [-0.4, -0.2) is 12.5 Å². The molecule has 2 aromatic carbocycles. The molecule has 1 aliphatic rings. The molecule has 2 nitrogen and oxygen atoms in total. The molecule has 120 valence electrons. The first-order chi connectivity index (χ1) is 11.3. The van der Waals surface area contributed by atoms with Gasteiger partial charge in [0.1, 0.15) is 0 Å². The van der Waals surface area contributed by atoms with E-state index in [1.54, 1.807) is 0 Å². The SMILES string of the molecule is CC1CCC[C@H]1CNC(=O)C(c1ccccc1)c1ccccc1. The average Bonchev–Trinajstić information content (AvgIpc) is 3.00. The van der Waals surface area contributed by atoms with E-state index >= 15 is 0 Å². The van der Waals surface area contributed by atoms with Crippen molar-refractivity contribution in [2.45, 2.75) is 32.1 Å². The van der Waals surface area contributed by atoms with Gasteiger partial charge in [-0.05, 0) is 29.4 Å². The van der Waals surface area contributed by atoms with Gasteiger partial charge in [0.15, 0.2) is 0 Å². The molecule has 0 saturated heterocycles. The Kier molecular flexibility index (Phi) is 5.12. The Bertz CT molecular complexity index is 583. The molecule has 0 radical (unpaired) electrons. The van der Waals surface area contributed by atoms with Crippen molar-refractivity contribution < 1.29 is 4.79 Å². The minimum atomic E-state index is -0.228. The maximum atomic E-state index is 12.9. The first-order valence-electron chi connectivity index (χ1n) is 8.63. The smallest absolute Gasteiger partial charge is 0.232 e. The Morgan fingerprint density at radius 2 is 1.57 bits per heavy atom. The number of rotatable bonds is 5. The first-order valence-corrected chi connectivity index (χ1v) is 8.63. The van der Waals surface area contributed by atoms with Gasteiger partial charge in [-0.2, -0.15) is 0 Å². The highest BCUT2D eigenvalue weighted by Gasteiger charge is 2.26. The number of carbonyl (C=O) groups excluding carboxylic acids is 1. The summed E-state index contributed by atoms with van der Waals surface area (Å²) in [4.78, 5) is 12.9. The third-order valence-electron chi connectivity index (χ3n) is 5.11. The molecule has 0 aliphatic heterocycles. The summed E-state index contributed by atoms with van der Waals surface area (Å²) in [7, 11) is 0. The lowest BCUT2D eigenvalue weighted by Crippen LogP contribution is -2.34. The fourth-order valence-corrected chi connectivity index (χ4v) is 3.65. The molecule has 0 aromatic heterocycles. The average molecular weight is 307 g/mol. The predicted molar refractivity (Wildman–Crippen MR) is 94.2 cm³/mol. The monoisotopic (exact) mass is 307 g/mol. The molecule has 1 aliphatic carbocycles. The summed E-state index contributed by atoms with van der Waals surface area (Å²) in [6.07, 6.45) is 3.83. The topological polar surface area (TPSA) is 29.1 Å². The van der Waals surface area contributed by atoms with Crippen molar-refractivity contribution in [3.63, 3.8) is 0 Å². The van der Waals surface area contributed by atoms with Crippen molar-refractivity contribution in [1.82, 2.24) is 5.32 Å². The van der Waals surface area contributed by atoms with Gasteiger partial charge in [0.05, 0.1) is 5.92 Å². The molecule has 23 heavy (non-hydrogen) atoms. The molecule has 2 aromatic rings. The van der Waals surface area contributed by atoms with E-state index in [-0.39, 0.29) is 11.8 Å². The van der Waals surface area contributed by atoms with Crippen molar-refractivity contribution in [1.29, 1.82) is 0 Å². The Morgan fingerprint density at radius 1 is 1.00 bits per heavy atom. The number of hydrogen-bond donors (Lipinski definition) is 1. The maximum absolute atomic E-state index is 12.9. The lowest BCUT2D eigenvalue weighted by Gasteiger charge is -2.21. The summed E-state index contributed by atoms with van der Waals surface area (Å²) in [5.41, 5.74) is 2.10. The molecule has 1 unspecified atom stereocenters. The number of benzene rings is 2. The van der Waals surface area contributed by atoms with Crippen LogP contribution in [0.1, 0.15) is 43.2 Å². The highest BCUT2D eigenvalue weighted by atomic mass is 16.1. The summed E-state index contributed by atoms with van der Waals surface area (Å²) >= 11 is 0. The second-order valence-electron chi connectivity index (χ2n) is 6.67. The second kappa shape index (κ2) is 7.45. The number of amides is 1. The molecule has 1 saturated carbocycles. The Labute approximate surface area is 138 Å². The molecule has 1 fully saturated rings. The highest BCUT2D eigenvalue weighted by molar-refractivity contribution is 5.87. The van der Waals surface area contributed by atoms with Crippen LogP contribution < -0.4 is 5.32 Å². The number of nitrogens with one attached hydrogen (secondary N) is 1. The molecule has 2 atom stereocenters. The number of carbonyl (C=O) groups is 1. The Morgan fingerprint density at radius 3 is 2.04 bits per heavy atom. The van der Waals surface area contributed by atoms with E-state index in [2.05, 4.69) is 12.2 Å². The molecule has 0 heterocycles. The summed E-state index contributed by atoms with van der Waals surface area (Å²) in [5.74, 6) is 1.24. The molecular formula is C21H25NO. The van der Waals surface area contributed by atoms with Crippen LogP contribution in [-0.2, 0) is 4.79 Å². The maximum Gasteiger partial charge on any atom is 0.232 e. The Hall–Kier alpha value is -2.09. The van der Waals surface area contributed by atoms with E-state index in [1.165, 1.54) is 19.3 Å². The van der Waals surface area contributed by atoms with Gasteiger partial charge in [0, 0.05) is 6.54 Å². The predicted octanol–water partition coefficient (Wildman–Crippen LogP) is 4.37. The second-order valence-corrected chi connectivity index (χ2v) is 6.67. The lowest BCUT2D eigenvalue weighted by atomic mass is 9.90. The molecular weight excluding hydrogens is 282 g/mol. The van der Waals surface area contributed by atoms with Crippen molar-refractivity contribution in [2.75, 3.05) is 6.54 Å². The van der Waals surface area contributed by atoms with Crippen molar-refractivity contribution >= 4 is 5.91 Å². The van der Waals surface area contributed by atoms with Gasteiger partial charge < -0.3 is 5.32 Å². The highest BCUT2D eigenvalue weighted by Crippen LogP contribution is 2.31. The molecule has 1 N–H and O–H groups in total. The van der Waals surface area contributed by atoms with Crippen LogP contribution in [0.5, 0.6) is 0 Å². The minimum Gasteiger partial charge on any atom is -0.355 e. The summed E-state index contributed by atoms with van der Waals surface area (Å²) in [6, 6.07) is 20.1. The zero-order chi connectivity index (χ0) is 16.1. The lowest BCUT2D eigenvalue weighted by molar-refractivity contribution is -0.121. The van der Waals surface area contributed by atoms with Gasteiger partial charge in [-0.15, -0.1) is 0 Å². The standard InChI is InChI=1S/C21H25NO/c1-16-9-8-14-19(16)15-22-21(23)20(17-10-4-2-5-11-17)18-12-6-3-7-13-18/h2-7,10-13,16,19-20H,8-9,14-15H2,1H3,(H,22,23)/t16?,19-/m0/s1. The summed E-state index contributed by atoms with van der Waals surface area (Å²) < 4.78 is 0. The zero-order valence-electron chi connectivity index (χ0n) is 13.7. The van der Waals surface area contributed by atoms with Crippen LogP contribution in [0.2, 0.25) is 0 Å². The Balaban J connectivity index is 1.77. The molecule has 0 bridgehead atoms. The minimum absolute atomic E-state index is 0.113. The van der Waals surface area contributed by atoms with Gasteiger partial charge in [0.25, 0.3) is 0 Å². The van der Waals surface area contributed by atoms with Gasteiger partial charge >= 0.3 is 0 Å².